The number of hydrogen-bond donors (Lipinski definition) is 1. The van der Waals surface area contributed by atoms with Crippen molar-refractivity contribution in [1.29, 1.82) is 0 Å². The number of aryl methyl sites for hydroxylation is 1. The first-order valence-electron chi connectivity index (χ1n) is 6.46. The van der Waals surface area contributed by atoms with Crippen molar-refractivity contribution in [1.82, 2.24) is 19.8 Å². The number of rotatable bonds is 5. The molecule has 0 bridgehead atoms. The maximum absolute atomic E-state index is 4.41. The summed E-state index contributed by atoms with van der Waals surface area (Å²) in [5.74, 6) is 1.07. The van der Waals surface area contributed by atoms with E-state index < -0.39 is 0 Å². The zero-order valence-electron chi connectivity index (χ0n) is 10.9. The van der Waals surface area contributed by atoms with Gasteiger partial charge in [-0.05, 0) is 6.92 Å². The van der Waals surface area contributed by atoms with Crippen LogP contribution in [0.4, 0.5) is 5.95 Å². The van der Waals surface area contributed by atoms with Gasteiger partial charge in [-0.15, -0.1) is 0 Å². The van der Waals surface area contributed by atoms with Crippen molar-refractivity contribution in [3.05, 3.63) is 12.4 Å². The average Bonchev–Trinajstić information content (AvgIpc) is 2.85. The normalized spacial score (nSPS) is 17.3. The number of anilines is 1. The zero-order chi connectivity index (χ0) is 12.1. The molecule has 2 heterocycles. The highest BCUT2D eigenvalue weighted by Gasteiger charge is 2.12. The number of hydrogen-bond acceptors (Lipinski definition) is 4. The molecule has 17 heavy (non-hydrogen) atoms. The Morgan fingerprint density at radius 1 is 1.41 bits per heavy atom. The van der Waals surface area contributed by atoms with E-state index in [-0.39, 0.29) is 0 Å². The Morgan fingerprint density at radius 2 is 2.18 bits per heavy atom. The molecule has 1 aliphatic rings. The summed E-state index contributed by atoms with van der Waals surface area (Å²) in [5.41, 5.74) is 0. The molecule has 0 aromatic carbocycles. The molecule has 1 fully saturated rings. The van der Waals surface area contributed by atoms with Crippen molar-refractivity contribution >= 4 is 5.95 Å². The first-order chi connectivity index (χ1) is 8.31. The third-order valence-corrected chi connectivity index (χ3v) is 3.34. The molecule has 0 aliphatic carbocycles. The summed E-state index contributed by atoms with van der Waals surface area (Å²) in [6.07, 6.45) is 3.91. The minimum atomic E-state index is 0.979. The highest BCUT2D eigenvalue weighted by Crippen LogP contribution is 2.09. The van der Waals surface area contributed by atoms with E-state index in [1.54, 1.807) is 0 Å². The molecule has 1 aliphatic heterocycles. The van der Waals surface area contributed by atoms with Gasteiger partial charge >= 0.3 is 0 Å². The number of nitrogens with zero attached hydrogens (tertiary/aromatic N) is 4. The lowest BCUT2D eigenvalue weighted by atomic mass is 10.3. The maximum atomic E-state index is 4.41. The fraction of sp³-hybridized carbons (Fsp3) is 0.750. The summed E-state index contributed by atoms with van der Waals surface area (Å²) in [6.45, 7) is 9.85. The van der Waals surface area contributed by atoms with Crippen LogP contribution in [-0.4, -0.2) is 60.8 Å². The van der Waals surface area contributed by atoms with Crippen molar-refractivity contribution in [2.75, 3.05) is 51.2 Å². The lowest BCUT2D eigenvalue weighted by molar-refractivity contribution is 0.246. The van der Waals surface area contributed by atoms with Gasteiger partial charge in [-0.3, -0.25) is 4.90 Å². The van der Waals surface area contributed by atoms with Crippen molar-refractivity contribution in [3.63, 3.8) is 0 Å². The third-order valence-electron chi connectivity index (χ3n) is 3.34. The zero-order valence-corrected chi connectivity index (χ0v) is 10.9. The van der Waals surface area contributed by atoms with Crippen LogP contribution in [0, 0.1) is 0 Å². The molecule has 5 nitrogen and oxygen atoms in total. The SMILES string of the molecule is CCn1ccnc1N(C)CCN1CCNCC1. The molecular weight excluding hydrogens is 214 g/mol. The Labute approximate surface area is 103 Å². The van der Waals surface area contributed by atoms with E-state index in [2.05, 4.69) is 38.6 Å². The molecule has 1 aromatic rings. The van der Waals surface area contributed by atoms with Gasteiger partial charge in [0.05, 0.1) is 0 Å². The van der Waals surface area contributed by atoms with Crippen LogP contribution in [0.1, 0.15) is 6.92 Å². The summed E-state index contributed by atoms with van der Waals surface area (Å²) in [4.78, 5) is 9.16. The smallest absolute Gasteiger partial charge is 0.205 e. The first kappa shape index (κ1) is 12.4. The van der Waals surface area contributed by atoms with Crippen molar-refractivity contribution in [3.8, 4) is 0 Å². The summed E-state index contributed by atoms with van der Waals surface area (Å²) in [7, 11) is 2.12. The molecule has 1 aromatic heterocycles. The number of piperazine rings is 1. The Hall–Kier alpha value is -1.07. The molecule has 1 N–H and O–H groups in total. The van der Waals surface area contributed by atoms with Gasteiger partial charge in [-0.1, -0.05) is 0 Å². The van der Waals surface area contributed by atoms with Gasteiger partial charge in [0.1, 0.15) is 0 Å². The summed E-state index contributed by atoms with van der Waals surface area (Å²) in [5, 5.41) is 3.38. The quantitative estimate of drug-likeness (QED) is 0.796. The van der Waals surface area contributed by atoms with Gasteiger partial charge in [0.25, 0.3) is 0 Å². The molecule has 96 valence electrons. The van der Waals surface area contributed by atoms with Gasteiger partial charge in [0.15, 0.2) is 0 Å². The first-order valence-corrected chi connectivity index (χ1v) is 6.46. The van der Waals surface area contributed by atoms with Crippen molar-refractivity contribution in [2.45, 2.75) is 13.5 Å². The van der Waals surface area contributed by atoms with Gasteiger partial charge in [0, 0.05) is 65.3 Å². The number of aromatic nitrogens is 2. The fourth-order valence-corrected chi connectivity index (χ4v) is 2.21. The Bertz CT molecular complexity index is 329. The monoisotopic (exact) mass is 237 g/mol. The lowest BCUT2D eigenvalue weighted by Crippen LogP contribution is -2.46. The Morgan fingerprint density at radius 3 is 2.88 bits per heavy atom. The highest BCUT2D eigenvalue weighted by molar-refractivity contribution is 5.29. The molecule has 1 saturated heterocycles. The van der Waals surface area contributed by atoms with Crippen LogP contribution in [0.5, 0.6) is 0 Å². The van der Waals surface area contributed by atoms with E-state index in [0.29, 0.717) is 0 Å². The van der Waals surface area contributed by atoms with Gasteiger partial charge in [0.2, 0.25) is 5.95 Å². The molecule has 0 radical (unpaired) electrons. The van der Waals surface area contributed by atoms with Crippen molar-refractivity contribution in [2.24, 2.45) is 0 Å². The molecule has 2 rings (SSSR count). The van der Waals surface area contributed by atoms with E-state index in [1.807, 2.05) is 12.4 Å². The van der Waals surface area contributed by atoms with Crippen molar-refractivity contribution < 1.29 is 0 Å². The van der Waals surface area contributed by atoms with Crippen LogP contribution in [0.15, 0.2) is 12.4 Å². The van der Waals surface area contributed by atoms with Crippen LogP contribution in [0.3, 0.4) is 0 Å². The standard InChI is InChI=1S/C12H23N5/c1-3-17-9-6-14-12(17)15(2)10-11-16-7-4-13-5-8-16/h6,9,13H,3-5,7-8,10-11H2,1-2H3. The van der Waals surface area contributed by atoms with Gasteiger partial charge < -0.3 is 14.8 Å². The average molecular weight is 237 g/mol. The molecule has 0 atom stereocenters. The van der Waals surface area contributed by atoms with Crippen LogP contribution in [-0.2, 0) is 6.54 Å². The van der Waals surface area contributed by atoms with Gasteiger partial charge in [-0.2, -0.15) is 0 Å². The summed E-state index contributed by atoms with van der Waals surface area (Å²) < 4.78 is 2.18. The predicted octanol–water partition coefficient (Wildman–Crippen LogP) is 0.244. The minimum absolute atomic E-state index is 0.979. The molecular formula is C12H23N5. The minimum Gasteiger partial charge on any atom is -0.344 e. The molecule has 0 saturated carbocycles. The fourth-order valence-electron chi connectivity index (χ4n) is 2.21. The second kappa shape index (κ2) is 6.02. The summed E-state index contributed by atoms with van der Waals surface area (Å²) >= 11 is 0. The third kappa shape index (κ3) is 3.20. The largest absolute Gasteiger partial charge is 0.344 e. The number of imidazole rings is 1. The Balaban J connectivity index is 1.82. The second-order valence-corrected chi connectivity index (χ2v) is 4.53. The van der Waals surface area contributed by atoms with Crippen LogP contribution in [0.25, 0.3) is 0 Å². The lowest BCUT2D eigenvalue weighted by Gasteiger charge is -2.29. The topological polar surface area (TPSA) is 36.3 Å². The molecule has 5 heteroatoms. The van der Waals surface area contributed by atoms with E-state index in [9.17, 15) is 0 Å². The second-order valence-electron chi connectivity index (χ2n) is 4.53. The molecule has 0 unspecified atom stereocenters. The number of nitrogens with one attached hydrogen (secondary N) is 1. The summed E-state index contributed by atoms with van der Waals surface area (Å²) in [6, 6.07) is 0. The Kier molecular flexibility index (Phi) is 4.39. The number of likely N-dealkylation sites (N-methyl/N-ethyl adjacent to an activating group) is 1. The van der Waals surface area contributed by atoms with Gasteiger partial charge in [-0.25, -0.2) is 4.98 Å². The maximum Gasteiger partial charge on any atom is 0.205 e. The van der Waals surface area contributed by atoms with E-state index in [4.69, 9.17) is 0 Å². The molecule has 0 amide bonds. The van der Waals surface area contributed by atoms with Crippen LogP contribution in [0.2, 0.25) is 0 Å². The predicted molar refractivity (Wildman–Crippen MR) is 70.5 cm³/mol. The van der Waals surface area contributed by atoms with E-state index in [1.165, 1.54) is 0 Å². The molecule has 0 spiro atoms. The van der Waals surface area contributed by atoms with E-state index >= 15 is 0 Å². The van der Waals surface area contributed by atoms with Crippen LogP contribution < -0.4 is 10.2 Å². The highest BCUT2D eigenvalue weighted by atomic mass is 15.3. The van der Waals surface area contributed by atoms with E-state index in [0.717, 1.165) is 51.8 Å². The van der Waals surface area contributed by atoms with Crippen LogP contribution >= 0.6 is 0 Å².